The van der Waals surface area contributed by atoms with Gasteiger partial charge in [0.25, 0.3) is 0 Å². The van der Waals surface area contributed by atoms with Crippen molar-refractivity contribution in [2.24, 2.45) is 0 Å². The zero-order valence-electron chi connectivity index (χ0n) is 12.9. The molecule has 120 valence electrons. The second-order valence-corrected chi connectivity index (χ2v) is 5.31. The van der Waals surface area contributed by atoms with Crippen molar-refractivity contribution in [1.82, 2.24) is 0 Å². The van der Waals surface area contributed by atoms with Crippen molar-refractivity contribution < 1.29 is 29.6 Å². The van der Waals surface area contributed by atoms with Crippen LogP contribution in [0.5, 0.6) is 0 Å². The first kappa shape index (κ1) is 16.4. The standard InChI is InChI=1S/C21H15N2.Pt/c1-3-9-18(10-4-1)15-22-17-23(16-19-11-5-2-6-12-19)21-14-8-7-13-20(21)22;/h1-9,11,13-17H;/q-1;/b22-15+,23-16+;. The molecule has 0 spiro atoms. The molecule has 0 bridgehead atoms. The summed E-state index contributed by atoms with van der Waals surface area (Å²) in [6, 6.07) is 30.8. The number of aromatic nitrogens is 2. The predicted octanol–water partition coefficient (Wildman–Crippen LogP) is 2.85. The Balaban J connectivity index is 0.00000169. The zero-order chi connectivity index (χ0) is 15.5. The van der Waals surface area contributed by atoms with Gasteiger partial charge in [-0.25, -0.2) is 8.49 Å². The summed E-state index contributed by atoms with van der Waals surface area (Å²) in [7, 11) is 0. The molecule has 1 heterocycles. The molecule has 0 atom stereocenters. The third-order valence-electron chi connectivity index (χ3n) is 3.71. The van der Waals surface area contributed by atoms with Gasteiger partial charge < -0.3 is 0 Å². The number of imidazole rings is 1. The summed E-state index contributed by atoms with van der Waals surface area (Å²) in [5.74, 6) is 0. The Morgan fingerprint density at radius 1 is 0.667 bits per heavy atom. The summed E-state index contributed by atoms with van der Waals surface area (Å²) in [4.78, 5) is 0. The number of nitrogens with zero attached hydrogens (tertiary/aromatic N) is 2. The summed E-state index contributed by atoms with van der Waals surface area (Å²) in [5, 5.41) is 0. The van der Waals surface area contributed by atoms with Crippen LogP contribution in [0, 0.1) is 24.6 Å². The van der Waals surface area contributed by atoms with Gasteiger partial charge in [-0.15, -0.1) is 60.7 Å². The summed E-state index contributed by atoms with van der Waals surface area (Å²) in [5.41, 5.74) is 4.40. The van der Waals surface area contributed by atoms with Gasteiger partial charge in [-0.05, 0) is 12.1 Å². The maximum absolute atomic E-state index is 3.24. The Bertz CT molecular complexity index is 966. The minimum atomic E-state index is 0. The van der Waals surface area contributed by atoms with Crippen LogP contribution in [-0.4, -0.2) is 0 Å². The molecule has 0 N–H and O–H groups in total. The van der Waals surface area contributed by atoms with Crippen LogP contribution in [-0.2, 0) is 21.1 Å². The minimum Gasteiger partial charge on any atom is -0.218 e. The van der Waals surface area contributed by atoms with E-state index in [0.29, 0.717) is 0 Å². The third kappa shape index (κ3) is 3.39. The molecule has 0 aliphatic heterocycles. The van der Waals surface area contributed by atoms with Gasteiger partial charge in [0.05, 0.1) is 6.21 Å². The van der Waals surface area contributed by atoms with Crippen molar-refractivity contribution in [2.75, 3.05) is 0 Å². The fraction of sp³-hybridized carbons (Fsp3) is 0. The topological polar surface area (TPSA) is 11.8 Å². The summed E-state index contributed by atoms with van der Waals surface area (Å²) < 4.78 is 4.25. The van der Waals surface area contributed by atoms with Crippen LogP contribution in [0.3, 0.4) is 0 Å². The zero-order valence-corrected chi connectivity index (χ0v) is 15.1. The molecule has 1 aromatic heterocycles. The first-order valence-electron chi connectivity index (χ1n) is 7.54. The number of para-hydroxylation sites is 2. The molecule has 4 rings (SSSR count). The van der Waals surface area contributed by atoms with Crippen LogP contribution < -0.4 is 8.49 Å². The SMILES string of the molecule is [Pt].[c-]1ccccc1/C=[n+]1\[cH-]/[n+](=C\c2[c-]cccc2)c2ccccc21. The molecular weight excluding hydrogens is 475 g/mol. The van der Waals surface area contributed by atoms with E-state index in [1.54, 1.807) is 0 Å². The molecule has 0 aliphatic rings. The van der Waals surface area contributed by atoms with E-state index in [0.717, 1.165) is 22.2 Å². The van der Waals surface area contributed by atoms with Gasteiger partial charge in [0.15, 0.2) is 11.0 Å². The second kappa shape index (κ2) is 7.42. The average molecular weight is 490 g/mol. The van der Waals surface area contributed by atoms with E-state index in [1.807, 2.05) is 48.5 Å². The maximum Gasteiger partial charge on any atom is 0.341 e. The second-order valence-electron chi connectivity index (χ2n) is 5.31. The van der Waals surface area contributed by atoms with E-state index in [4.69, 9.17) is 0 Å². The van der Waals surface area contributed by atoms with Crippen molar-refractivity contribution in [3.05, 3.63) is 115 Å². The third-order valence-corrected chi connectivity index (χ3v) is 3.71. The first-order chi connectivity index (χ1) is 11.4. The Morgan fingerprint density at radius 2 is 1.12 bits per heavy atom. The first-order valence-corrected chi connectivity index (χ1v) is 7.54. The van der Waals surface area contributed by atoms with Crippen molar-refractivity contribution in [2.45, 2.75) is 0 Å². The Kier molecular flexibility index (Phi) is 5.07. The molecule has 4 aromatic rings. The maximum atomic E-state index is 3.24. The van der Waals surface area contributed by atoms with Gasteiger partial charge in [-0.3, -0.25) is 0 Å². The number of rotatable bonds is 2. The van der Waals surface area contributed by atoms with Crippen LogP contribution in [0.4, 0.5) is 0 Å². The van der Waals surface area contributed by atoms with Gasteiger partial charge in [0.2, 0.25) is 0 Å². The van der Waals surface area contributed by atoms with E-state index in [2.05, 4.69) is 63.6 Å². The Hall–Kier alpha value is -2.44. The number of benzene rings is 3. The molecular formula is C21H15N2Pt-. The van der Waals surface area contributed by atoms with Crippen LogP contribution in [0.1, 0.15) is 11.1 Å². The molecule has 0 saturated carbocycles. The molecule has 3 aromatic carbocycles. The van der Waals surface area contributed by atoms with Gasteiger partial charge >= 0.3 is 6.33 Å². The average Bonchev–Trinajstić information content (AvgIpc) is 2.95. The van der Waals surface area contributed by atoms with E-state index in [1.165, 1.54) is 0 Å². The van der Waals surface area contributed by atoms with Crippen LogP contribution in [0.15, 0.2) is 79.1 Å². The summed E-state index contributed by atoms with van der Waals surface area (Å²) >= 11 is 0. The molecule has 0 amide bonds. The number of hydrogen-bond donors (Lipinski definition) is 0. The van der Waals surface area contributed by atoms with E-state index < -0.39 is 0 Å². The van der Waals surface area contributed by atoms with Gasteiger partial charge in [0.1, 0.15) is 6.21 Å². The normalized spacial score (nSPS) is 12.3. The smallest absolute Gasteiger partial charge is 0.218 e. The van der Waals surface area contributed by atoms with Gasteiger partial charge in [-0.2, -0.15) is 0 Å². The molecule has 0 saturated heterocycles. The van der Waals surface area contributed by atoms with Gasteiger partial charge in [-0.1, -0.05) is 23.3 Å². The van der Waals surface area contributed by atoms with Crippen LogP contribution in [0.25, 0.3) is 11.0 Å². The summed E-state index contributed by atoms with van der Waals surface area (Å²) in [6.07, 6.45) is 6.25. The van der Waals surface area contributed by atoms with E-state index in [9.17, 15) is 0 Å². The van der Waals surface area contributed by atoms with E-state index in [-0.39, 0.29) is 21.1 Å². The molecule has 24 heavy (non-hydrogen) atoms. The monoisotopic (exact) mass is 490 g/mol. The molecule has 0 unspecified atom stereocenters. The summed E-state index contributed by atoms with van der Waals surface area (Å²) in [6.45, 7) is 0. The van der Waals surface area contributed by atoms with Crippen LogP contribution in [0.2, 0.25) is 0 Å². The minimum absolute atomic E-state index is 0. The van der Waals surface area contributed by atoms with Crippen molar-refractivity contribution >= 4 is 11.0 Å². The Labute approximate surface area is 155 Å². The Morgan fingerprint density at radius 3 is 1.54 bits per heavy atom. The molecule has 2 nitrogen and oxygen atoms in total. The van der Waals surface area contributed by atoms with Crippen molar-refractivity contribution in [1.29, 1.82) is 0 Å². The van der Waals surface area contributed by atoms with Crippen molar-refractivity contribution in [3.8, 4) is 0 Å². The number of fused-ring (bicyclic) bond motifs is 1. The molecule has 0 fully saturated rings. The molecule has 0 radical (unpaired) electrons. The number of hydrogen-bond acceptors (Lipinski definition) is 0. The van der Waals surface area contributed by atoms with Gasteiger partial charge in [0, 0.05) is 21.1 Å². The fourth-order valence-electron chi connectivity index (χ4n) is 2.64. The van der Waals surface area contributed by atoms with E-state index >= 15 is 0 Å². The molecule has 0 aliphatic carbocycles. The molecule has 3 heteroatoms. The fourth-order valence-corrected chi connectivity index (χ4v) is 2.64. The quantitative estimate of drug-likeness (QED) is 0.303. The van der Waals surface area contributed by atoms with Crippen molar-refractivity contribution in [3.63, 3.8) is 0 Å². The largest absolute Gasteiger partial charge is 0.341 e. The van der Waals surface area contributed by atoms with Crippen LogP contribution >= 0.6 is 0 Å². The predicted molar refractivity (Wildman–Crippen MR) is 88.1 cm³/mol.